The quantitative estimate of drug-likeness (QED) is 0.764. The van der Waals surface area contributed by atoms with Crippen molar-refractivity contribution < 1.29 is 9.59 Å². The highest BCUT2D eigenvalue weighted by Gasteiger charge is 2.60. The van der Waals surface area contributed by atoms with Gasteiger partial charge in [-0.3, -0.25) is 9.59 Å². The van der Waals surface area contributed by atoms with Gasteiger partial charge in [0, 0.05) is 42.9 Å². The van der Waals surface area contributed by atoms with Crippen molar-refractivity contribution in [1.82, 2.24) is 19.2 Å². The molecule has 0 spiro atoms. The Morgan fingerprint density at radius 3 is 2.64 bits per heavy atom. The number of aromatic nitrogens is 2. The Labute approximate surface area is 165 Å². The van der Waals surface area contributed by atoms with Crippen LogP contribution in [0.2, 0.25) is 0 Å². The van der Waals surface area contributed by atoms with E-state index in [2.05, 4.69) is 16.8 Å². The van der Waals surface area contributed by atoms with E-state index in [1.165, 1.54) is 0 Å². The van der Waals surface area contributed by atoms with Crippen LogP contribution in [0.5, 0.6) is 0 Å². The minimum absolute atomic E-state index is 0.0180. The predicted octanol–water partition coefficient (Wildman–Crippen LogP) is 3.04. The Kier molecular flexibility index (Phi) is 3.83. The minimum atomic E-state index is -0.0180. The number of hydrogen-bond acceptors (Lipinski definition) is 3. The van der Waals surface area contributed by atoms with Crippen molar-refractivity contribution in [2.24, 2.45) is 5.41 Å². The summed E-state index contributed by atoms with van der Waals surface area (Å²) in [5, 5.41) is 0. The van der Waals surface area contributed by atoms with Crippen molar-refractivity contribution >= 4 is 17.5 Å². The molecular formula is C22H28N4O2. The zero-order valence-corrected chi connectivity index (χ0v) is 16.9. The van der Waals surface area contributed by atoms with E-state index >= 15 is 0 Å². The molecule has 0 unspecified atom stereocenters. The molecule has 3 fully saturated rings. The lowest BCUT2D eigenvalue weighted by Gasteiger charge is -2.46. The summed E-state index contributed by atoms with van der Waals surface area (Å²) in [5.41, 5.74) is 2.37. The number of carbonyl (C=O) groups is 2. The Bertz CT molecular complexity index is 967. The predicted molar refractivity (Wildman–Crippen MR) is 106 cm³/mol. The van der Waals surface area contributed by atoms with Gasteiger partial charge >= 0.3 is 0 Å². The monoisotopic (exact) mass is 380 g/mol. The molecule has 6 heteroatoms. The molecule has 3 aliphatic rings. The summed E-state index contributed by atoms with van der Waals surface area (Å²) in [7, 11) is 0. The van der Waals surface area contributed by atoms with Gasteiger partial charge in [-0.15, -0.1) is 0 Å². The fraction of sp³-hybridized carbons (Fsp3) is 0.591. The van der Waals surface area contributed by atoms with Crippen LogP contribution in [-0.2, 0) is 4.79 Å². The number of nitrogens with zero attached hydrogens (tertiary/aromatic N) is 4. The topological polar surface area (TPSA) is 57.9 Å². The summed E-state index contributed by atoms with van der Waals surface area (Å²) in [6.45, 7) is 6.65. The van der Waals surface area contributed by atoms with Gasteiger partial charge in [0.25, 0.3) is 5.91 Å². The maximum Gasteiger partial charge on any atom is 0.274 e. The third-order valence-electron chi connectivity index (χ3n) is 7.47. The first-order chi connectivity index (χ1) is 13.4. The average molecular weight is 380 g/mol. The first-order valence-electron chi connectivity index (χ1n) is 10.4. The van der Waals surface area contributed by atoms with Gasteiger partial charge in [-0.1, -0.05) is 25.8 Å². The Hall–Kier alpha value is -2.37. The van der Waals surface area contributed by atoms with Crippen LogP contribution in [-0.4, -0.2) is 55.7 Å². The summed E-state index contributed by atoms with van der Waals surface area (Å²) < 4.78 is 1.98. The van der Waals surface area contributed by atoms with E-state index < -0.39 is 0 Å². The SMILES string of the molecule is CC(=O)N1C[C@@H]2C[C@@]3(C)[C@H](CCCC[C@@H]13)N2C(=O)c1cn2c(C)cccc2n1. The minimum Gasteiger partial charge on any atom is -0.337 e. The average Bonchev–Trinajstić information content (AvgIpc) is 3.13. The Morgan fingerprint density at radius 2 is 1.93 bits per heavy atom. The van der Waals surface area contributed by atoms with Crippen LogP contribution < -0.4 is 0 Å². The van der Waals surface area contributed by atoms with Crippen LogP contribution in [0.1, 0.15) is 62.1 Å². The maximum atomic E-state index is 13.6. The first-order valence-corrected chi connectivity index (χ1v) is 10.4. The molecule has 0 N–H and O–H groups in total. The van der Waals surface area contributed by atoms with E-state index in [0.29, 0.717) is 12.2 Å². The van der Waals surface area contributed by atoms with Gasteiger partial charge in [-0.2, -0.15) is 0 Å². The summed E-state index contributed by atoms with van der Waals surface area (Å²) in [4.78, 5) is 34.8. The number of amides is 2. The molecule has 1 saturated carbocycles. The molecule has 148 valence electrons. The summed E-state index contributed by atoms with van der Waals surface area (Å²) in [6, 6.07) is 6.45. The van der Waals surface area contributed by atoms with Crippen LogP contribution in [0.4, 0.5) is 0 Å². The van der Waals surface area contributed by atoms with Crippen LogP contribution in [0.15, 0.2) is 24.4 Å². The highest BCUT2D eigenvalue weighted by Crippen LogP contribution is 2.53. The van der Waals surface area contributed by atoms with E-state index in [-0.39, 0.29) is 35.4 Å². The molecule has 2 aliphatic heterocycles. The molecule has 1 aliphatic carbocycles. The lowest BCUT2D eigenvalue weighted by Crippen LogP contribution is -2.55. The number of imidazole rings is 1. The van der Waals surface area contributed by atoms with Gasteiger partial charge in [0.15, 0.2) is 0 Å². The molecule has 6 nitrogen and oxygen atoms in total. The maximum absolute atomic E-state index is 13.6. The summed E-state index contributed by atoms with van der Waals surface area (Å²) in [5.74, 6) is 0.159. The fourth-order valence-electron chi connectivity index (χ4n) is 6.20. The lowest BCUT2D eigenvalue weighted by atomic mass is 9.71. The second kappa shape index (κ2) is 6.06. The number of hydrogen-bond donors (Lipinski definition) is 0. The zero-order chi connectivity index (χ0) is 19.6. The van der Waals surface area contributed by atoms with E-state index in [1.54, 1.807) is 6.92 Å². The normalized spacial score (nSPS) is 31.9. The molecular weight excluding hydrogens is 352 g/mol. The molecule has 0 radical (unpaired) electrons. The molecule has 2 aromatic heterocycles. The third kappa shape index (κ3) is 2.36. The number of rotatable bonds is 1. The zero-order valence-electron chi connectivity index (χ0n) is 16.9. The van der Waals surface area contributed by atoms with Crippen molar-refractivity contribution in [2.75, 3.05) is 6.54 Å². The van der Waals surface area contributed by atoms with Gasteiger partial charge in [0.05, 0.1) is 6.04 Å². The smallest absolute Gasteiger partial charge is 0.274 e. The van der Waals surface area contributed by atoms with Gasteiger partial charge < -0.3 is 14.2 Å². The number of piperidine rings is 1. The summed E-state index contributed by atoms with van der Waals surface area (Å²) in [6.07, 6.45) is 7.17. The number of likely N-dealkylation sites (tertiary alicyclic amines) is 2. The molecule has 0 aromatic carbocycles. The standard InChI is InChI=1S/C22H28N4O2/c1-14-7-6-10-20-23-17(13-24(14)20)21(28)26-16-11-22(3)18(25(12-16)15(2)27)8-4-5-9-19(22)26/h6-7,10,13,16,18-19H,4-5,8-9,11-12H2,1-3H3/t16-,18+,19-,22+/m0/s1. The van der Waals surface area contributed by atoms with Crippen molar-refractivity contribution in [1.29, 1.82) is 0 Å². The van der Waals surface area contributed by atoms with Crippen molar-refractivity contribution in [2.45, 2.75) is 71.0 Å². The van der Waals surface area contributed by atoms with E-state index in [0.717, 1.165) is 43.4 Å². The highest BCUT2D eigenvalue weighted by atomic mass is 16.2. The van der Waals surface area contributed by atoms with Crippen LogP contribution in [0.3, 0.4) is 0 Å². The van der Waals surface area contributed by atoms with Crippen LogP contribution >= 0.6 is 0 Å². The number of fused-ring (bicyclic) bond motifs is 2. The van der Waals surface area contributed by atoms with Crippen molar-refractivity contribution in [3.63, 3.8) is 0 Å². The molecule has 4 heterocycles. The van der Waals surface area contributed by atoms with Crippen LogP contribution in [0, 0.1) is 12.3 Å². The van der Waals surface area contributed by atoms with E-state index in [1.807, 2.05) is 40.6 Å². The number of carbonyl (C=O) groups excluding carboxylic acids is 2. The van der Waals surface area contributed by atoms with Gasteiger partial charge in [-0.25, -0.2) is 4.98 Å². The molecule has 28 heavy (non-hydrogen) atoms. The van der Waals surface area contributed by atoms with E-state index in [9.17, 15) is 9.59 Å². The molecule has 2 aromatic rings. The highest BCUT2D eigenvalue weighted by molar-refractivity contribution is 5.94. The second-order valence-corrected chi connectivity index (χ2v) is 9.09. The number of pyridine rings is 1. The first kappa shape index (κ1) is 17.7. The van der Waals surface area contributed by atoms with Crippen molar-refractivity contribution in [3.8, 4) is 0 Å². The summed E-state index contributed by atoms with van der Waals surface area (Å²) >= 11 is 0. The second-order valence-electron chi connectivity index (χ2n) is 9.09. The van der Waals surface area contributed by atoms with Crippen LogP contribution in [0.25, 0.3) is 5.65 Å². The van der Waals surface area contributed by atoms with Crippen molar-refractivity contribution in [3.05, 3.63) is 35.8 Å². The van der Waals surface area contributed by atoms with Gasteiger partial charge in [0.2, 0.25) is 5.91 Å². The number of aryl methyl sites for hydroxylation is 1. The Balaban J connectivity index is 1.56. The molecule has 4 atom stereocenters. The van der Waals surface area contributed by atoms with E-state index in [4.69, 9.17) is 0 Å². The van der Waals surface area contributed by atoms with Gasteiger partial charge in [0.1, 0.15) is 11.3 Å². The lowest BCUT2D eigenvalue weighted by molar-refractivity contribution is -0.136. The molecule has 2 saturated heterocycles. The van der Waals surface area contributed by atoms with Gasteiger partial charge in [-0.05, 0) is 38.3 Å². The molecule has 2 amide bonds. The fourth-order valence-corrected chi connectivity index (χ4v) is 6.20. The molecule has 5 rings (SSSR count). The molecule has 2 bridgehead atoms. The Morgan fingerprint density at radius 1 is 1.18 bits per heavy atom. The third-order valence-corrected chi connectivity index (χ3v) is 7.47. The largest absolute Gasteiger partial charge is 0.337 e.